The molecule has 0 saturated carbocycles. The summed E-state index contributed by atoms with van der Waals surface area (Å²) in [5.74, 6) is 0.334. The molecule has 0 bridgehead atoms. The second-order valence-electron chi connectivity index (χ2n) is 6.76. The van der Waals surface area contributed by atoms with Gasteiger partial charge in [0, 0.05) is 12.1 Å². The average Bonchev–Trinajstić information content (AvgIpc) is 3.06. The molecule has 6 nitrogen and oxygen atoms in total. The number of aryl methyl sites for hydroxylation is 3. The van der Waals surface area contributed by atoms with Crippen LogP contribution in [0.4, 0.5) is 0 Å². The van der Waals surface area contributed by atoms with Crippen LogP contribution in [0, 0.1) is 25.2 Å². The van der Waals surface area contributed by atoms with Crippen LogP contribution in [0.15, 0.2) is 24.3 Å². The molecule has 3 rings (SSSR count). The smallest absolute Gasteiger partial charge is 0.313 e. The van der Waals surface area contributed by atoms with E-state index in [-0.39, 0.29) is 11.9 Å². The Hall–Kier alpha value is -3.20. The molecule has 0 N–H and O–H groups in total. The Balaban J connectivity index is 2.11. The topological polar surface area (TPSA) is 80.8 Å². The summed E-state index contributed by atoms with van der Waals surface area (Å²) in [5, 5.41) is 9.41. The van der Waals surface area contributed by atoms with Crippen LogP contribution in [0.1, 0.15) is 54.9 Å². The number of hydrogen-bond donors (Lipinski definition) is 0. The lowest BCUT2D eigenvalue weighted by atomic mass is 10.0. The van der Waals surface area contributed by atoms with E-state index in [4.69, 9.17) is 9.72 Å². The van der Waals surface area contributed by atoms with Crippen molar-refractivity contribution in [3.63, 3.8) is 0 Å². The van der Waals surface area contributed by atoms with Crippen molar-refractivity contribution in [1.29, 1.82) is 5.26 Å². The molecule has 144 valence electrons. The van der Waals surface area contributed by atoms with Crippen molar-refractivity contribution in [3.05, 3.63) is 52.5 Å². The van der Waals surface area contributed by atoms with Gasteiger partial charge in [-0.05, 0) is 51.0 Å². The fraction of sp³-hybridized carbons (Fsp3) is 0.364. The molecule has 0 aliphatic heterocycles. The molecule has 0 spiro atoms. The minimum absolute atomic E-state index is 0.227. The number of ether oxygens (including phenoxy) is 1. The number of rotatable bonds is 5. The Bertz CT molecular complexity index is 1070. The highest BCUT2D eigenvalue weighted by Gasteiger charge is 2.20. The van der Waals surface area contributed by atoms with E-state index in [1.807, 2.05) is 56.5 Å². The first-order valence-electron chi connectivity index (χ1n) is 9.48. The second-order valence-corrected chi connectivity index (χ2v) is 6.76. The Kier molecular flexibility index (Phi) is 5.46. The summed E-state index contributed by atoms with van der Waals surface area (Å²) in [7, 11) is 0. The molecule has 6 heteroatoms. The molecule has 0 fully saturated rings. The van der Waals surface area contributed by atoms with E-state index in [0.717, 1.165) is 40.2 Å². The zero-order chi connectivity index (χ0) is 20.4. The molecule has 28 heavy (non-hydrogen) atoms. The quantitative estimate of drug-likeness (QED) is 0.625. The highest BCUT2D eigenvalue weighted by molar-refractivity contribution is 5.81. The lowest BCUT2D eigenvalue weighted by Crippen LogP contribution is -2.13. The summed E-state index contributed by atoms with van der Waals surface area (Å²) in [6, 6.07) is 10.0. The summed E-state index contributed by atoms with van der Waals surface area (Å²) in [6.07, 6.45) is 0.734. The largest absolute Gasteiger partial charge is 0.466 e. The minimum Gasteiger partial charge on any atom is -0.466 e. The lowest BCUT2D eigenvalue weighted by Gasteiger charge is -2.13. The van der Waals surface area contributed by atoms with E-state index in [1.165, 1.54) is 0 Å². The molecule has 1 unspecified atom stereocenters. The Morgan fingerprint density at radius 1 is 1.21 bits per heavy atom. The van der Waals surface area contributed by atoms with Crippen molar-refractivity contribution in [2.45, 2.75) is 47.0 Å². The summed E-state index contributed by atoms with van der Waals surface area (Å²) >= 11 is 0. The lowest BCUT2D eigenvalue weighted by molar-refractivity contribution is -0.144. The maximum Gasteiger partial charge on any atom is 0.313 e. The van der Waals surface area contributed by atoms with E-state index in [9.17, 15) is 10.1 Å². The molecule has 1 aromatic carbocycles. The van der Waals surface area contributed by atoms with E-state index in [2.05, 4.69) is 11.1 Å². The Morgan fingerprint density at radius 3 is 2.46 bits per heavy atom. The van der Waals surface area contributed by atoms with Crippen LogP contribution >= 0.6 is 0 Å². The van der Waals surface area contributed by atoms with E-state index in [1.54, 1.807) is 6.92 Å². The van der Waals surface area contributed by atoms with Crippen LogP contribution in [-0.2, 0) is 16.0 Å². The van der Waals surface area contributed by atoms with Crippen LogP contribution in [-0.4, -0.2) is 27.1 Å². The van der Waals surface area contributed by atoms with Crippen LogP contribution in [0.2, 0.25) is 0 Å². The number of benzene rings is 1. The third-order valence-corrected chi connectivity index (χ3v) is 5.01. The van der Waals surface area contributed by atoms with Gasteiger partial charge in [-0.15, -0.1) is 0 Å². The molecule has 0 aliphatic carbocycles. The maximum absolute atomic E-state index is 12.0. The highest BCUT2D eigenvalue weighted by atomic mass is 16.5. The third-order valence-electron chi connectivity index (χ3n) is 5.01. The first kappa shape index (κ1) is 19.6. The molecular formula is C22H24N4O2. The van der Waals surface area contributed by atoms with Gasteiger partial charge >= 0.3 is 5.97 Å². The van der Waals surface area contributed by atoms with Crippen LogP contribution in [0.25, 0.3) is 16.9 Å². The highest BCUT2D eigenvalue weighted by Crippen LogP contribution is 2.27. The summed E-state index contributed by atoms with van der Waals surface area (Å²) in [4.78, 5) is 21.4. The van der Waals surface area contributed by atoms with Crippen LogP contribution < -0.4 is 0 Å². The average molecular weight is 376 g/mol. The predicted octanol–water partition coefficient (Wildman–Crippen LogP) is 4.14. The van der Waals surface area contributed by atoms with Crippen molar-refractivity contribution < 1.29 is 9.53 Å². The van der Waals surface area contributed by atoms with Crippen LogP contribution in [0.3, 0.4) is 0 Å². The van der Waals surface area contributed by atoms with Gasteiger partial charge < -0.3 is 4.74 Å². The van der Waals surface area contributed by atoms with Crippen molar-refractivity contribution in [3.8, 4) is 11.8 Å². The number of nitriles is 1. The number of pyridine rings is 1. The second kappa shape index (κ2) is 7.81. The first-order chi connectivity index (χ1) is 13.4. The monoisotopic (exact) mass is 376 g/mol. The molecule has 0 aliphatic rings. The summed E-state index contributed by atoms with van der Waals surface area (Å²) in [6.45, 7) is 9.82. The number of hydrogen-bond acceptors (Lipinski definition) is 5. The van der Waals surface area contributed by atoms with E-state index in [0.29, 0.717) is 17.9 Å². The summed E-state index contributed by atoms with van der Waals surface area (Å²) < 4.78 is 7.14. The number of carbonyl (C=O) groups excluding carboxylic acids is 1. The Morgan fingerprint density at radius 2 is 1.89 bits per heavy atom. The van der Waals surface area contributed by atoms with Gasteiger partial charge in [0.25, 0.3) is 0 Å². The van der Waals surface area contributed by atoms with E-state index < -0.39 is 0 Å². The van der Waals surface area contributed by atoms with Gasteiger partial charge in [-0.3, -0.25) is 9.36 Å². The standard InChI is InChI=1S/C22H24N4O2/c1-6-19-25-20-14(4)18(12-23)15(5)24-21(20)26(19)17-10-8-16(9-11-17)13(3)22(27)28-7-2/h8-11,13H,6-7H2,1-5H3. The van der Waals surface area contributed by atoms with Crippen molar-refractivity contribution in [1.82, 2.24) is 14.5 Å². The SMILES string of the molecule is CCOC(=O)C(C)c1ccc(-n2c(CC)nc3c(C)c(C#N)c(C)nc32)cc1. The molecule has 2 heterocycles. The van der Waals surface area contributed by atoms with Gasteiger partial charge in [-0.1, -0.05) is 19.1 Å². The van der Waals surface area contributed by atoms with Crippen LogP contribution in [0.5, 0.6) is 0 Å². The normalized spacial score (nSPS) is 12.0. The van der Waals surface area contributed by atoms with Crippen molar-refractivity contribution >= 4 is 17.1 Å². The minimum atomic E-state index is -0.319. The third kappa shape index (κ3) is 3.24. The first-order valence-corrected chi connectivity index (χ1v) is 9.48. The van der Waals surface area contributed by atoms with Gasteiger partial charge in [0.2, 0.25) is 0 Å². The number of nitrogens with zero attached hydrogens (tertiary/aromatic N) is 4. The molecule has 2 aromatic heterocycles. The Labute approximate surface area is 164 Å². The van der Waals surface area contributed by atoms with Gasteiger partial charge in [0.05, 0.1) is 23.8 Å². The van der Waals surface area contributed by atoms with Gasteiger partial charge in [-0.25, -0.2) is 9.97 Å². The summed E-state index contributed by atoms with van der Waals surface area (Å²) in [5.41, 5.74) is 5.46. The fourth-order valence-electron chi connectivity index (χ4n) is 3.40. The number of fused-ring (bicyclic) bond motifs is 1. The van der Waals surface area contributed by atoms with Crippen molar-refractivity contribution in [2.75, 3.05) is 6.61 Å². The number of esters is 1. The molecule has 1 atom stereocenters. The predicted molar refractivity (Wildman–Crippen MR) is 107 cm³/mol. The molecule has 0 amide bonds. The zero-order valence-electron chi connectivity index (χ0n) is 16.9. The van der Waals surface area contributed by atoms with Crippen molar-refractivity contribution in [2.24, 2.45) is 0 Å². The van der Waals surface area contributed by atoms with Gasteiger partial charge in [-0.2, -0.15) is 5.26 Å². The number of aromatic nitrogens is 3. The number of carbonyl (C=O) groups is 1. The molecule has 0 saturated heterocycles. The maximum atomic E-state index is 12.0. The van der Waals surface area contributed by atoms with E-state index >= 15 is 0 Å². The van der Waals surface area contributed by atoms with Gasteiger partial charge in [0.15, 0.2) is 5.65 Å². The molecular weight excluding hydrogens is 352 g/mol. The molecule has 3 aromatic rings. The number of imidazole rings is 1. The molecule has 0 radical (unpaired) electrons. The fourth-order valence-corrected chi connectivity index (χ4v) is 3.40. The zero-order valence-corrected chi connectivity index (χ0v) is 16.9. The van der Waals surface area contributed by atoms with Gasteiger partial charge in [0.1, 0.15) is 17.4 Å².